The molecule has 1 aliphatic rings. The van der Waals surface area contributed by atoms with E-state index in [1.54, 1.807) is 0 Å². The summed E-state index contributed by atoms with van der Waals surface area (Å²) in [6.07, 6.45) is 6.72. The van der Waals surface area contributed by atoms with Crippen molar-refractivity contribution in [1.29, 1.82) is 0 Å². The Morgan fingerprint density at radius 2 is 2.06 bits per heavy atom. The van der Waals surface area contributed by atoms with Crippen LogP contribution in [0.3, 0.4) is 0 Å². The van der Waals surface area contributed by atoms with Gasteiger partial charge >= 0.3 is 0 Å². The monoisotopic (exact) mass is 249 g/mol. The number of benzene rings is 1. The third-order valence-electron chi connectivity index (χ3n) is 3.31. The van der Waals surface area contributed by atoms with Gasteiger partial charge in [-0.3, -0.25) is 0 Å². The van der Waals surface area contributed by atoms with Gasteiger partial charge in [-0.15, -0.1) is 0 Å². The quantitative estimate of drug-likeness (QED) is 0.775. The van der Waals surface area contributed by atoms with Crippen LogP contribution >= 0.6 is 11.8 Å². The van der Waals surface area contributed by atoms with Crippen molar-refractivity contribution in [3.63, 3.8) is 0 Å². The van der Waals surface area contributed by atoms with E-state index < -0.39 is 0 Å². The Hall–Kier alpha value is -0.470. The minimum absolute atomic E-state index is 0.875. The fourth-order valence-electron chi connectivity index (χ4n) is 2.29. The highest BCUT2D eigenvalue weighted by Gasteiger charge is 2.12. The first-order valence-corrected chi connectivity index (χ1v) is 7.86. The molecule has 0 aliphatic carbocycles. The van der Waals surface area contributed by atoms with Crippen molar-refractivity contribution in [2.45, 2.75) is 37.4 Å². The summed E-state index contributed by atoms with van der Waals surface area (Å²) >= 11 is 2.16. The molecule has 1 fully saturated rings. The fourth-order valence-corrected chi connectivity index (χ4v) is 3.57. The van der Waals surface area contributed by atoms with Gasteiger partial charge in [0.15, 0.2) is 0 Å². The summed E-state index contributed by atoms with van der Waals surface area (Å²) in [4.78, 5) is 0. The van der Waals surface area contributed by atoms with E-state index in [0.717, 1.165) is 11.8 Å². The molecule has 0 radical (unpaired) electrons. The highest BCUT2D eigenvalue weighted by molar-refractivity contribution is 7.99. The average Bonchev–Trinajstić information content (AvgIpc) is 2.41. The van der Waals surface area contributed by atoms with Crippen LogP contribution in [0.15, 0.2) is 30.3 Å². The summed E-state index contributed by atoms with van der Waals surface area (Å²) in [7, 11) is 0. The number of thioether (sulfide) groups is 1. The first-order chi connectivity index (χ1) is 8.45. The molecule has 1 nitrogen and oxygen atoms in total. The highest BCUT2D eigenvalue weighted by atomic mass is 32.2. The van der Waals surface area contributed by atoms with Crippen LogP contribution in [0.4, 0.5) is 0 Å². The van der Waals surface area contributed by atoms with E-state index >= 15 is 0 Å². The van der Waals surface area contributed by atoms with Crippen molar-refractivity contribution in [2.75, 3.05) is 18.8 Å². The van der Waals surface area contributed by atoms with Gasteiger partial charge in [-0.05, 0) is 43.5 Å². The van der Waals surface area contributed by atoms with Gasteiger partial charge in [-0.25, -0.2) is 0 Å². The summed E-state index contributed by atoms with van der Waals surface area (Å²) in [6.45, 7) is 2.37. The SMILES string of the molecule is c1ccc(CCCNCC2CCCCS2)cc1. The van der Waals surface area contributed by atoms with E-state index in [0.29, 0.717) is 0 Å². The van der Waals surface area contributed by atoms with Crippen molar-refractivity contribution in [3.8, 4) is 0 Å². The molecular weight excluding hydrogens is 226 g/mol. The summed E-state index contributed by atoms with van der Waals surface area (Å²) in [6, 6.07) is 10.8. The molecule has 1 N–H and O–H groups in total. The second-order valence-corrected chi connectivity index (χ2v) is 6.19. The molecular formula is C15H23NS. The predicted molar refractivity (Wildman–Crippen MR) is 77.7 cm³/mol. The Labute approximate surface area is 109 Å². The summed E-state index contributed by atoms with van der Waals surface area (Å²) in [5.74, 6) is 1.37. The van der Waals surface area contributed by atoms with Gasteiger partial charge in [0.1, 0.15) is 0 Å². The van der Waals surface area contributed by atoms with Crippen LogP contribution in [0.1, 0.15) is 31.2 Å². The number of aryl methyl sites for hydroxylation is 1. The molecule has 1 atom stereocenters. The van der Waals surface area contributed by atoms with E-state index in [2.05, 4.69) is 47.4 Å². The van der Waals surface area contributed by atoms with Crippen LogP contribution < -0.4 is 5.32 Å². The average molecular weight is 249 g/mol. The third-order valence-corrected chi connectivity index (χ3v) is 4.71. The van der Waals surface area contributed by atoms with Crippen molar-refractivity contribution in [2.24, 2.45) is 0 Å². The zero-order valence-electron chi connectivity index (χ0n) is 10.5. The van der Waals surface area contributed by atoms with Gasteiger partial charge in [-0.1, -0.05) is 36.8 Å². The Morgan fingerprint density at radius 3 is 2.82 bits per heavy atom. The van der Waals surface area contributed by atoms with Gasteiger partial charge in [0, 0.05) is 11.8 Å². The maximum absolute atomic E-state index is 3.60. The Morgan fingerprint density at radius 1 is 1.18 bits per heavy atom. The molecule has 1 unspecified atom stereocenters. The Balaban J connectivity index is 1.51. The van der Waals surface area contributed by atoms with Crippen molar-refractivity contribution < 1.29 is 0 Å². The lowest BCUT2D eigenvalue weighted by Gasteiger charge is -2.21. The van der Waals surface area contributed by atoms with Crippen LogP contribution in [0, 0.1) is 0 Å². The number of rotatable bonds is 6. The third kappa shape index (κ3) is 5.13. The van der Waals surface area contributed by atoms with Crippen LogP contribution in [0.2, 0.25) is 0 Å². The lowest BCUT2D eigenvalue weighted by atomic mass is 10.1. The molecule has 94 valence electrons. The number of hydrogen-bond donors (Lipinski definition) is 1. The zero-order valence-corrected chi connectivity index (χ0v) is 11.3. The minimum Gasteiger partial charge on any atom is -0.316 e. The second kappa shape index (κ2) is 7.78. The molecule has 2 heteroatoms. The van der Waals surface area contributed by atoms with E-state index in [4.69, 9.17) is 0 Å². The molecule has 1 heterocycles. The van der Waals surface area contributed by atoms with Crippen molar-refractivity contribution in [3.05, 3.63) is 35.9 Å². The lowest BCUT2D eigenvalue weighted by Crippen LogP contribution is -2.27. The van der Waals surface area contributed by atoms with Gasteiger partial charge in [0.25, 0.3) is 0 Å². The predicted octanol–water partition coefficient (Wildman–Crippen LogP) is 3.49. The van der Waals surface area contributed by atoms with Crippen LogP contribution in [-0.4, -0.2) is 24.1 Å². The molecule has 1 aliphatic heterocycles. The fraction of sp³-hybridized carbons (Fsp3) is 0.600. The molecule has 0 bridgehead atoms. The second-order valence-electron chi connectivity index (χ2n) is 4.78. The number of hydrogen-bond acceptors (Lipinski definition) is 2. The first kappa shape index (κ1) is 13.0. The molecule has 0 amide bonds. The van der Waals surface area contributed by atoms with Crippen LogP contribution in [-0.2, 0) is 6.42 Å². The van der Waals surface area contributed by atoms with Crippen LogP contribution in [0.5, 0.6) is 0 Å². The molecule has 0 saturated carbocycles. The van der Waals surface area contributed by atoms with E-state index in [1.807, 2.05) is 0 Å². The summed E-state index contributed by atoms with van der Waals surface area (Å²) < 4.78 is 0. The lowest BCUT2D eigenvalue weighted by molar-refractivity contribution is 0.586. The van der Waals surface area contributed by atoms with Crippen molar-refractivity contribution >= 4 is 11.8 Å². The molecule has 1 saturated heterocycles. The smallest absolute Gasteiger partial charge is 0.0172 e. The van der Waals surface area contributed by atoms with Gasteiger partial charge in [-0.2, -0.15) is 11.8 Å². The normalized spacial score (nSPS) is 20.4. The van der Waals surface area contributed by atoms with E-state index in [-0.39, 0.29) is 0 Å². The van der Waals surface area contributed by atoms with Gasteiger partial charge < -0.3 is 5.32 Å². The molecule has 1 aromatic carbocycles. The molecule has 0 aromatic heterocycles. The van der Waals surface area contributed by atoms with Gasteiger partial charge in [0.2, 0.25) is 0 Å². The molecule has 0 spiro atoms. The Kier molecular flexibility index (Phi) is 5.94. The maximum atomic E-state index is 3.60. The minimum atomic E-state index is 0.875. The number of nitrogens with one attached hydrogen (secondary N) is 1. The van der Waals surface area contributed by atoms with E-state index in [9.17, 15) is 0 Å². The summed E-state index contributed by atoms with van der Waals surface area (Å²) in [5, 5.41) is 4.48. The zero-order chi connectivity index (χ0) is 11.8. The molecule has 17 heavy (non-hydrogen) atoms. The Bertz CT molecular complexity index is 293. The van der Waals surface area contributed by atoms with Gasteiger partial charge in [0.05, 0.1) is 0 Å². The molecule has 2 rings (SSSR count). The summed E-state index contributed by atoms with van der Waals surface area (Å²) in [5.41, 5.74) is 1.46. The largest absolute Gasteiger partial charge is 0.316 e. The maximum Gasteiger partial charge on any atom is 0.0172 e. The van der Waals surface area contributed by atoms with Crippen molar-refractivity contribution in [1.82, 2.24) is 5.32 Å². The molecule has 1 aromatic rings. The van der Waals surface area contributed by atoms with E-state index in [1.165, 1.54) is 50.0 Å². The first-order valence-electron chi connectivity index (χ1n) is 6.81. The highest BCUT2D eigenvalue weighted by Crippen LogP contribution is 2.24. The van der Waals surface area contributed by atoms with Crippen LogP contribution in [0.25, 0.3) is 0 Å². The topological polar surface area (TPSA) is 12.0 Å². The standard InChI is InChI=1S/C15H23NS/c1-2-7-14(8-3-1)9-6-11-16-13-15-10-4-5-12-17-15/h1-3,7-8,15-16H,4-6,9-13H2.